The number of piperidine rings is 1. The number of allylic oxidation sites excluding steroid dienone is 1. The molecule has 0 N–H and O–H groups in total. The van der Waals surface area contributed by atoms with E-state index in [1.807, 2.05) is 18.2 Å². The Labute approximate surface area is 267 Å². The molecule has 0 atom stereocenters. The summed E-state index contributed by atoms with van der Waals surface area (Å²) >= 11 is 5.93. The van der Waals surface area contributed by atoms with Gasteiger partial charge in [-0.05, 0) is 74.4 Å². The van der Waals surface area contributed by atoms with Crippen molar-refractivity contribution >= 4 is 43.5 Å². The number of esters is 1. The average Bonchev–Trinajstić information content (AvgIpc) is 3.48. The first-order valence-corrected chi connectivity index (χ1v) is 17.4. The quantitative estimate of drug-likeness (QED) is 0.169. The molecule has 0 bridgehead atoms. The van der Waals surface area contributed by atoms with Gasteiger partial charge in [0.1, 0.15) is 16.7 Å². The summed E-state index contributed by atoms with van der Waals surface area (Å²) in [6.07, 6.45) is 3.52. The van der Waals surface area contributed by atoms with E-state index in [9.17, 15) is 26.9 Å². The number of hydrogen-bond acceptors (Lipinski definition) is 8. The number of carbonyl (C=O) groups is 1. The van der Waals surface area contributed by atoms with Gasteiger partial charge >= 0.3 is 5.97 Å². The Balaban J connectivity index is 1.54. The van der Waals surface area contributed by atoms with Crippen molar-refractivity contribution in [2.45, 2.75) is 29.6 Å². The molecule has 0 saturated carbocycles. The molecule has 232 valence electrons. The molecule has 0 spiro atoms. The fourth-order valence-corrected chi connectivity index (χ4v) is 7.82. The summed E-state index contributed by atoms with van der Waals surface area (Å²) in [6, 6.07) is 22.6. The molecule has 1 fully saturated rings. The normalized spacial score (nSPS) is 15.0. The van der Waals surface area contributed by atoms with Crippen LogP contribution in [0.2, 0.25) is 5.02 Å². The summed E-state index contributed by atoms with van der Waals surface area (Å²) in [4.78, 5) is 11.5. The van der Waals surface area contributed by atoms with E-state index < -0.39 is 24.8 Å². The Kier molecular flexibility index (Phi) is 9.55. The number of carbonyl (C=O) groups excluding carboxylic acids is 1. The maximum absolute atomic E-state index is 13.7. The number of para-hydroxylation sites is 1. The summed E-state index contributed by atoms with van der Waals surface area (Å²) in [7, 11) is -8.14. The molecule has 1 aromatic heterocycles. The second kappa shape index (κ2) is 13.4. The van der Waals surface area contributed by atoms with Crippen molar-refractivity contribution in [3.63, 3.8) is 0 Å². The fourth-order valence-electron chi connectivity index (χ4n) is 5.03. The second-order valence-corrected chi connectivity index (χ2v) is 14.5. The number of nitriles is 1. The fraction of sp³-hybridized carbons (Fsp3) is 0.219. The van der Waals surface area contributed by atoms with Gasteiger partial charge in [0.15, 0.2) is 0 Å². The van der Waals surface area contributed by atoms with Crippen LogP contribution < -0.4 is 0 Å². The van der Waals surface area contributed by atoms with E-state index in [0.29, 0.717) is 29.1 Å². The number of halogens is 1. The van der Waals surface area contributed by atoms with Crippen LogP contribution in [0, 0.1) is 17.2 Å². The smallest absolute Gasteiger partial charge is 0.309 e. The molecule has 1 aliphatic heterocycles. The van der Waals surface area contributed by atoms with Crippen molar-refractivity contribution in [1.82, 2.24) is 14.1 Å². The number of rotatable bonds is 9. The standard InChI is InChI=1S/C32H29ClN4O6S2/c1-2-43-32(38)23-15-17-36(18-16-23)45(41,42)29-10-6-7-24(19-29)31-25(22-37(35-31)27-8-4-3-5-9-27)20-30(21-34)44(39,40)28-13-11-26(33)12-14-28/h3-14,19-20,22-23H,2,15-18H2,1H3/b30-20-. The minimum absolute atomic E-state index is 0.0214. The van der Waals surface area contributed by atoms with Crippen molar-refractivity contribution in [3.8, 4) is 23.0 Å². The third-order valence-corrected chi connectivity index (χ3v) is 11.2. The Hall–Kier alpha value is -4.28. The number of aromatic nitrogens is 2. The molecule has 0 radical (unpaired) electrons. The summed E-state index contributed by atoms with van der Waals surface area (Å²) in [6.45, 7) is 2.33. The van der Waals surface area contributed by atoms with E-state index >= 15 is 0 Å². The molecular formula is C32H29ClN4O6S2. The van der Waals surface area contributed by atoms with Crippen LogP contribution in [0.25, 0.3) is 23.0 Å². The molecule has 2 heterocycles. The lowest BCUT2D eigenvalue weighted by Gasteiger charge is -2.30. The van der Waals surface area contributed by atoms with Crippen LogP contribution in [0.3, 0.4) is 0 Å². The van der Waals surface area contributed by atoms with Crippen molar-refractivity contribution in [2.24, 2.45) is 5.92 Å². The highest BCUT2D eigenvalue weighted by Crippen LogP contribution is 2.32. The van der Waals surface area contributed by atoms with Gasteiger partial charge in [-0.1, -0.05) is 41.9 Å². The van der Waals surface area contributed by atoms with E-state index in [4.69, 9.17) is 16.3 Å². The van der Waals surface area contributed by atoms with Crippen LogP contribution in [0.1, 0.15) is 25.3 Å². The van der Waals surface area contributed by atoms with Gasteiger partial charge in [0.05, 0.1) is 28.0 Å². The minimum atomic E-state index is -4.21. The zero-order chi connectivity index (χ0) is 32.2. The van der Waals surface area contributed by atoms with Gasteiger partial charge in [-0.3, -0.25) is 4.79 Å². The van der Waals surface area contributed by atoms with Crippen molar-refractivity contribution in [3.05, 3.63) is 101 Å². The highest BCUT2D eigenvalue weighted by Gasteiger charge is 2.33. The number of sulfone groups is 1. The van der Waals surface area contributed by atoms with Crippen molar-refractivity contribution in [1.29, 1.82) is 5.26 Å². The SMILES string of the molecule is CCOC(=O)C1CCN(S(=O)(=O)c2cccc(-c3nn(-c4ccccc4)cc3/C=C(/C#N)S(=O)(=O)c3ccc(Cl)cc3)c2)CC1. The maximum Gasteiger partial charge on any atom is 0.309 e. The Morgan fingerprint density at radius 1 is 1.00 bits per heavy atom. The van der Waals surface area contributed by atoms with Crippen LogP contribution in [0.15, 0.2) is 99.8 Å². The van der Waals surface area contributed by atoms with Crippen LogP contribution in [-0.4, -0.2) is 56.6 Å². The number of nitrogens with zero attached hydrogens (tertiary/aromatic N) is 4. The van der Waals surface area contributed by atoms with Gasteiger partial charge in [0.2, 0.25) is 19.9 Å². The molecular weight excluding hydrogens is 636 g/mol. The summed E-state index contributed by atoms with van der Waals surface area (Å²) in [5.74, 6) is -0.668. The molecule has 0 aliphatic carbocycles. The van der Waals surface area contributed by atoms with Crippen molar-refractivity contribution < 1.29 is 26.4 Å². The number of sulfonamides is 1. The predicted octanol–water partition coefficient (Wildman–Crippen LogP) is 5.49. The van der Waals surface area contributed by atoms with Gasteiger partial charge < -0.3 is 4.74 Å². The third-order valence-electron chi connectivity index (χ3n) is 7.39. The second-order valence-electron chi connectivity index (χ2n) is 10.2. The highest BCUT2D eigenvalue weighted by atomic mass is 35.5. The largest absolute Gasteiger partial charge is 0.466 e. The van der Waals surface area contributed by atoms with Crippen molar-refractivity contribution in [2.75, 3.05) is 19.7 Å². The van der Waals surface area contributed by atoms with Gasteiger partial charge in [-0.15, -0.1) is 0 Å². The van der Waals surface area contributed by atoms with E-state index in [-0.39, 0.29) is 52.6 Å². The highest BCUT2D eigenvalue weighted by molar-refractivity contribution is 7.95. The molecule has 5 rings (SSSR count). The Morgan fingerprint density at radius 3 is 2.33 bits per heavy atom. The number of hydrogen-bond donors (Lipinski definition) is 0. The summed E-state index contributed by atoms with van der Waals surface area (Å²) in [5, 5.41) is 15.0. The monoisotopic (exact) mass is 664 g/mol. The Bertz CT molecular complexity index is 1990. The summed E-state index contributed by atoms with van der Waals surface area (Å²) < 4.78 is 62.1. The molecule has 4 aromatic rings. The molecule has 1 aliphatic rings. The maximum atomic E-state index is 13.7. The zero-order valence-electron chi connectivity index (χ0n) is 24.2. The number of benzene rings is 3. The van der Waals surface area contributed by atoms with Crippen LogP contribution >= 0.6 is 11.6 Å². The first-order chi connectivity index (χ1) is 21.5. The molecule has 13 heteroatoms. The first-order valence-electron chi connectivity index (χ1n) is 14.1. The molecule has 3 aromatic carbocycles. The molecule has 45 heavy (non-hydrogen) atoms. The van der Waals surface area contributed by atoms with Gasteiger partial charge in [0, 0.05) is 35.4 Å². The van der Waals surface area contributed by atoms with E-state index in [2.05, 4.69) is 5.10 Å². The van der Waals surface area contributed by atoms with E-state index in [1.165, 1.54) is 51.5 Å². The average molecular weight is 665 g/mol. The molecule has 0 unspecified atom stereocenters. The molecule has 10 nitrogen and oxygen atoms in total. The van der Waals surface area contributed by atoms with E-state index in [0.717, 1.165) is 0 Å². The van der Waals surface area contributed by atoms with Gasteiger partial charge in [-0.25, -0.2) is 21.5 Å². The van der Waals surface area contributed by atoms with Gasteiger partial charge in [0.25, 0.3) is 0 Å². The first kappa shape index (κ1) is 32.1. The lowest BCUT2D eigenvalue weighted by molar-refractivity contribution is -0.149. The third kappa shape index (κ3) is 6.87. The predicted molar refractivity (Wildman–Crippen MR) is 169 cm³/mol. The lowest BCUT2D eigenvalue weighted by atomic mass is 9.98. The van der Waals surface area contributed by atoms with Crippen LogP contribution in [0.5, 0.6) is 0 Å². The Morgan fingerprint density at radius 2 is 1.69 bits per heavy atom. The van der Waals surface area contributed by atoms with E-state index in [1.54, 1.807) is 43.5 Å². The summed E-state index contributed by atoms with van der Waals surface area (Å²) in [5.41, 5.74) is 1.64. The molecule has 1 saturated heterocycles. The van der Waals surface area contributed by atoms with Crippen LogP contribution in [-0.2, 0) is 29.4 Å². The molecule has 0 amide bonds. The number of ether oxygens (including phenoxy) is 1. The van der Waals surface area contributed by atoms with Crippen LogP contribution in [0.4, 0.5) is 0 Å². The topological polar surface area (TPSA) is 139 Å². The lowest BCUT2D eigenvalue weighted by Crippen LogP contribution is -2.40. The zero-order valence-corrected chi connectivity index (χ0v) is 26.6. The minimum Gasteiger partial charge on any atom is -0.466 e. The van der Waals surface area contributed by atoms with Gasteiger partial charge in [-0.2, -0.15) is 14.7 Å².